The molecule has 3 rings (SSSR count). The first-order valence-corrected chi connectivity index (χ1v) is 6.30. The first-order valence-electron chi connectivity index (χ1n) is 6.30. The highest BCUT2D eigenvalue weighted by Gasteiger charge is 2.30. The van der Waals surface area contributed by atoms with Crippen molar-refractivity contribution in [2.24, 2.45) is 0 Å². The molecule has 1 N–H and O–H groups in total. The second-order valence-corrected chi connectivity index (χ2v) is 4.88. The average molecular weight is 269 g/mol. The van der Waals surface area contributed by atoms with Gasteiger partial charge in [0.15, 0.2) is 0 Å². The molecule has 0 bridgehead atoms. The third kappa shape index (κ3) is 2.45. The smallest absolute Gasteiger partial charge is 0.314 e. The van der Waals surface area contributed by atoms with Crippen LogP contribution in [0.5, 0.6) is 0 Å². The number of halogens is 3. The summed E-state index contributed by atoms with van der Waals surface area (Å²) in [5.74, 6) is 0.808. The van der Waals surface area contributed by atoms with E-state index in [1.807, 2.05) is 0 Å². The molecular weight excluding hydrogens is 255 g/mol. The van der Waals surface area contributed by atoms with Gasteiger partial charge in [0.25, 0.3) is 0 Å². The molecule has 2 aromatic heterocycles. The van der Waals surface area contributed by atoms with Crippen LogP contribution in [-0.4, -0.2) is 22.0 Å². The Morgan fingerprint density at radius 1 is 1.42 bits per heavy atom. The third-order valence-electron chi connectivity index (χ3n) is 3.53. The molecule has 0 radical (unpaired) electrons. The summed E-state index contributed by atoms with van der Waals surface area (Å²) in [6.45, 7) is 1.01. The van der Waals surface area contributed by atoms with Crippen molar-refractivity contribution in [2.45, 2.75) is 31.5 Å². The number of nitrogens with one attached hydrogen (secondary N) is 1. The lowest BCUT2D eigenvalue weighted by molar-refractivity contribution is -0.137. The minimum atomic E-state index is -4.31. The van der Waals surface area contributed by atoms with E-state index in [4.69, 9.17) is 0 Å². The summed E-state index contributed by atoms with van der Waals surface area (Å²) in [5, 5.41) is 3.36. The molecule has 1 saturated heterocycles. The predicted molar refractivity (Wildman–Crippen MR) is 64.9 cm³/mol. The Labute approximate surface area is 108 Å². The van der Waals surface area contributed by atoms with E-state index in [-0.39, 0.29) is 0 Å². The SMILES string of the molecule is FC(F)(F)c1ccn2c(CC3CCCN3)ncc2c1. The van der Waals surface area contributed by atoms with Gasteiger partial charge in [0.1, 0.15) is 5.82 Å². The zero-order valence-electron chi connectivity index (χ0n) is 10.2. The number of alkyl halides is 3. The van der Waals surface area contributed by atoms with Crippen molar-refractivity contribution in [3.05, 3.63) is 35.9 Å². The summed E-state index contributed by atoms with van der Waals surface area (Å²) in [6.07, 6.45) is 1.63. The van der Waals surface area contributed by atoms with Crippen LogP contribution >= 0.6 is 0 Å². The highest BCUT2D eigenvalue weighted by atomic mass is 19.4. The van der Waals surface area contributed by atoms with E-state index in [1.54, 1.807) is 4.40 Å². The van der Waals surface area contributed by atoms with Gasteiger partial charge in [-0.15, -0.1) is 0 Å². The van der Waals surface area contributed by atoms with Crippen molar-refractivity contribution < 1.29 is 13.2 Å². The summed E-state index contributed by atoms with van der Waals surface area (Å²) < 4.78 is 39.6. The molecular formula is C13H14F3N3. The van der Waals surface area contributed by atoms with Crippen LogP contribution in [0.4, 0.5) is 13.2 Å². The molecule has 102 valence electrons. The maximum Gasteiger partial charge on any atom is 0.416 e. The van der Waals surface area contributed by atoms with Gasteiger partial charge in [0, 0.05) is 18.7 Å². The molecule has 19 heavy (non-hydrogen) atoms. The van der Waals surface area contributed by atoms with Gasteiger partial charge in [0.2, 0.25) is 0 Å². The topological polar surface area (TPSA) is 29.3 Å². The molecule has 1 unspecified atom stereocenters. The molecule has 6 heteroatoms. The highest BCUT2D eigenvalue weighted by Crippen LogP contribution is 2.30. The Morgan fingerprint density at radius 2 is 2.26 bits per heavy atom. The fourth-order valence-electron chi connectivity index (χ4n) is 2.53. The van der Waals surface area contributed by atoms with Crippen molar-refractivity contribution in [3.8, 4) is 0 Å². The number of fused-ring (bicyclic) bond motifs is 1. The molecule has 3 nitrogen and oxygen atoms in total. The molecule has 2 aromatic rings. The largest absolute Gasteiger partial charge is 0.416 e. The van der Waals surface area contributed by atoms with Gasteiger partial charge in [-0.1, -0.05) is 0 Å². The Balaban J connectivity index is 1.91. The fourth-order valence-corrected chi connectivity index (χ4v) is 2.53. The summed E-state index contributed by atoms with van der Waals surface area (Å²) in [7, 11) is 0. The standard InChI is InChI=1S/C13H14F3N3/c14-13(15,16)9-3-5-19-11(6-9)8-18-12(19)7-10-2-1-4-17-10/h3,5-6,8,10,17H,1-2,4,7H2. The molecule has 0 spiro atoms. The Bertz CT molecular complexity index is 582. The number of nitrogens with zero attached hydrogens (tertiary/aromatic N) is 2. The summed E-state index contributed by atoms with van der Waals surface area (Å²) in [5.41, 5.74) is -0.145. The van der Waals surface area contributed by atoms with Gasteiger partial charge in [-0.05, 0) is 31.5 Å². The van der Waals surface area contributed by atoms with E-state index in [1.165, 1.54) is 12.4 Å². The average Bonchev–Trinajstić information content (AvgIpc) is 2.98. The first kappa shape index (κ1) is 12.5. The molecule has 1 atom stereocenters. The monoisotopic (exact) mass is 269 g/mol. The van der Waals surface area contributed by atoms with E-state index < -0.39 is 11.7 Å². The maximum absolute atomic E-state index is 12.6. The van der Waals surface area contributed by atoms with E-state index >= 15 is 0 Å². The minimum Gasteiger partial charge on any atom is -0.314 e. The van der Waals surface area contributed by atoms with Crippen LogP contribution in [0.2, 0.25) is 0 Å². The van der Waals surface area contributed by atoms with Crippen molar-refractivity contribution >= 4 is 5.52 Å². The van der Waals surface area contributed by atoms with Crippen LogP contribution in [0.25, 0.3) is 5.52 Å². The van der Waals surface area contributed by atoms with Gasteiger partial charge < -0.3 is 9.72 Å². The predicted octanol–water partition coefficient (Wildman–Crippen LogP) is 2.65. The lowest BCUT2D eigenvalue weighted by Gasteiger charge is -2.10. The van der Waals surface area contributed by atoms with Crippen LogP contribution in [-0.2, 0) is 12.6 Å². The number of hydrogen-bond acceptors (Lipinski definition) is 2. The summed E-state index contributed by atoms with van der Waals surface area (Å²) >= 11 is 0. The highest BCUT2D eigenvalue weighted by molar-refractivity contribution is 5.49. The van der Waals surface area contributed by atoms with Crippen molar-refractivity contribution in [1.82, 2.24) is 14.7 Å². The Morgan fingerprint density at radius 3 is 2.95 bits per heavy atom. The second-order valence-electron chi connectivity index (χ2n) is 4.88. The summed E-state index contributed by atoms with van der Waals surface area (Å²) in [6, 6.07) is 2.62. The number of hydrogen-bond donors (Lipinski definition) is 1. The molecule has 1 fully saturated rings. The van der Waals surface area contributed by atoms with E-state index in [0.29, 0.717) is 11.6 Å². The Hall–Kier alpha value is -1.56. The maximum atomic E-state index is 12.6. The summed E-state index contributed by atoms with van der Waals surface area (Å²) in [4.78, 5) is 4.24. The lowest BCUT2D eigenvalue weighted by atomic mass is 10.1. The Kier molecular flexibility index (Phi) is 2.97. The molecule has 0 aromatic carbocycles. The van der Waals surface area contributed by atoms with Gasteiger partial charge in [0.05, 0.1) is 17.3 Å². The second kappa shape index (κ2) is 4.52. The number of pyridine rings is 1. The zero-order valence-corrected chi connectivity index (χ0v) is 10.2. The van der Waals surface area contributed by atoms with Crippen molar-refractivity contribution in [1.29, 1.82) is 0 Å². The lowest BCUT2D eigenvalue weighted by Crippen LogP contribution is -2.24. The van der Waals surface area contributed by atoms with Crippen LogP contribution < -0.4 is 5.32 Å². The van der Waals surface area contributed by atoms with Crippen LogP contribution in [0.1, 0.15) is 24.2 Å². The van der Waals surface area contributed by atoms with Gasteiger partial charge in [-0.3, -0.25) is 0 Å². The molecule has 1 aliphatic heterocycles. The molecule has 1 aliphatic rings. The van der Waals surface area contributed by atoms with Crippen LogP contribution in [0, 0.1) is 0 Å². The van der Waals surface area contributed by atoms with Gasteiger partial charge in [-0.2, -0.15) is 13.2 Å². The molecule has 0 amide bonds. The normalized spacial score (nSPS) is 20.3. The van der Waals surface area contributed by atoms with Gasteiger partial charge in [-0.25, -0.2) is 4.98 Å². The van der Waals surface area contributed by atoms with Crippen LogP contribution in [0.3, 0.4) is 0 Å². The van der Waals surface area contributed by atoms with Gasteiger partial charge >= 0.3 is 6.18 Å². The number of rotatable bonds is 2. The number of imidazole rings is 1. The van der Waals surface area contributed by atoms with E-state index in [9.17, 15) is 13.2 Å². The van der Waals surface area contributed by atoms with Crippen molar-refractivity contribution in [3.63, 3.8) is 0 Å². The van der Waals surface area contributed by atoms with Crippen molar-refractivity contribution in [2.75, 3.05) is 6.54 Å². The molecule has 0 aliphatic carbocycles. The molecule has 3 heterocycles. The van der Waals surface area contributed by atoms with E-state index in [0.717, 1.165) is 43.8 Å². The quantitative estimate of drug-likeness (QED) is 0.908. The minimum absolute atomic E-state index is 0.382. The first-order chi connectivity index (χ1) is 9.04. The fraction of sp³-hybridized carbons (Fsp3) is 0.462. The zero-order chi connectivity index (χ0) is 13.5. The molecule has 0 saturated carbocycles. The third-order valence-corrected chi connectivity index (χ3v) is 3.53. The number of aromatic nitrogens is 2. The van der Waals surface area contributed by atoms with E-state index in [2.05, 4.69) is 10.3 Å². The van der Waals surface area contributed by atoms with Crippen LogP contribution in [0.15, 0.2) is 24.5 Å².